The summed E-state index contributed by atoms with van der Waals surface area (Å²) in [7, 11) is 0. The summed E-state index contributed by atoms with van der Waals surface area (Å²) in [6.45, 7) is 0. The first-order valence-electron chi connectivity index (χ1n) is 15.7. The number of benzene rings is 7. The molecule has 0 aliphatic rings. The standard InChI is InChI=1S/C43H27N3S/c1-3-12-28(13-4-1)41-44-42(29-14-5-2-6-15-29)46-43(45-41)34-20-10-17-31(25-34)30-16-9-18-32(24-30)35-22-11-19-33-26-40-38(27-37(33)35)36-21-7-8-23-39(36)47-40/h1-27H. The minimum Gasteiger partial charge on any atom is -0.208 e. The minimum absolute atomic E-state index is 0.650. The highest BCUT2D eigenvalue weighted by Gasteiger charge is 2.14. The molecule has 4 heteroatoms. The number of fused-ring (bicyclic) bond motifs is 4. The Kier molecular flexibility index (Phi) is 6.65. The number of nitrogens with zero attached hydrogens (tertiary/aromatic N) is 3. The van der Waals surface area contributed by atoms with Crippen molar-refractivity contribution in [1.82, 2.24) is 15.0 Å². The first kappa shape index (κ1) is 27.3. The lowest BCUT2D eigenvalue weighted by molar-refractivity contribution is 1.07. The van der Waals surface area contributed by atoms with E-state index in [0.717, 1.165) is 27.8 Å². The van der Waals surface area contributed by atoms with Crippen molar-refractivity contribution in [2.45, 2.75) is 0 Å². The molecule has 9 aromatic rings. The molecule has 7 aromatic carbocycles. The molecule has 2 aromatic heterocycles. The Morgan fingerprint density at radius 3 is 1.55 bits per heavy atom. The SMILES string of the molecule is c1ccc(-c2nc(-c3ccccc3)nc(-c3cccc(-c4cccc(-c5cccc6cc7sc8ccccc8c7cc56)c4)c3)n2)cc1. The molecule has 0 aliphatic carbocycles. The summed E-state index contributed by atoms with van der Waals surface area (Å²) >= 11 is 1.86. The highest BCUT2D eigenvalue weighted by atomic mass is 32.1. The van der Waals surface area contributed by atoms with Gasteiger partial charge in [0, 0.05) is 36.9 Å². The Morgan fingerprint density at radius 1 is 0.319 bits per heavy atom. The van der Waals surface area contributed by atoms with E-state index < -0.39 is 0 Å². The van der Waals surface area contributed by atoms with Gasteiger partial charge in [-0.15, -0.1) is 11.3 Å². The van der Waals surface area contributed by atoms with Crippen molar-refractivity contribution in [3.8, 4) is 56.4 Å². The molecule has 0 bridgehead atoms. The van der Waals surface area contributed by atoms with Crippen LogP contribution in [-0.4, -0.2) is 15.0 Å². The average molecular weight is 618 g/mol. The van der Waals surface area contributed by atoms with Crippen LogP contribution in [0.4, 0.5) is 0 Å². The third kappa shape index (κ3) is 5.05. The van der Waals surface area contributed by atoms with E-state index in [2.05, 4.69) is 103 Å². The zero-order valence-electron chi connectivity index (χ0n) is 25.3. The molecule has 9 rings (SSSR count). The molecule has 47 heavy (non-hydrogen) atoms. The first-order valence-corrected chi connectivity index (χ1v) is 16.5. The van der Waals surface area contributed by atoms with E-state index in [1.54, 1.807) is 0 Å². The molecule has 0 atom stereocenters. The first-order chi connectivity index (χ1) is 23.3. The number of aromatic nitrogens is 3. The molecule has 0 saturated heterocycles. The fourth-order valence-electron chi connectivity index (χ4n) is 6.39. The van der Waals surface area contributed by atoms with E-state index in [-0.39, 0.29) is 0 Å². The second-order valence-corrected chi connectivity index (χ2v) is 12.8. The van der Waals surface area contributed by atoms with Gasteiger partial charge in [0.2, 0.25) is 0 Å². The van der Waals surface area contributed by atoms with Crippen LogP contribution in [0.2, 0.25) is 0 Å². The van der Waals surface area contributed by atoms with E-state index in [0.29, 0.717) is 17.5 Å². The van der Waals surface area contributed by atoms with Crippen LogP contribution in [0, 0.1) is 0 Å². The predicted molar refractivity (Wildman–Crippen MR) is 197 cm³/mol. The summed E-state index contributed by atoms with van der Waals surface area (Å²) in [4.78, 5) is 14.8. The Bertz CT molecular complexity index is 2510. The largest absolute Gasteiger partial charge is 0.208 e. The fourth-order valence-corrected chi connectivity index (χ4v) is 7.53. The molecule has 0 unspecified atom stereocenters. The molecule has 2 heterocycles. The van der Waals surface area contributed by atoms with Crippen molar-refractivity contribution in [3.05, 3.63) is 164 Å². The number of thiophene rings is 1. The second-order valence-electron chi connectivity index (χ2n) is 11.7. The van der Waals surface area contributed by atoms with Crippen LogP contribution in [-0.2, 0) is 0 Å². The maximum atomic E-state index is 4.95. The third-order valence-electron chi connectivity index (χ3n) is 8.70. The van der Waals surface area contributed by atoms with Gasteiger partial charge >= 0.3 is 0 Å². The van der Waals surface area contributed by atoms with Crippen molar-refractivity contribution < 1.29 is 0 Å². The quantitative estimate of drug-likeness (QED) is 0.193. The monoisotopic (exact) mass is 617 g/mol. The lowest BCUT2D eigenvalue weighted by Crippen LogP contribution is -2.00. The summed E-state index contributed by atoms with van der Waals surface area (Å²) in [6.07, 6.45) is 0. The van der Waals surface area contributed by atoms with Gasteiger partial charge in [0.05, 0.1) is 0 Å². The highest BCUT2D eigenvalue weighted by Crippen LogP contribution is 2.40. The van der Waals surface area contributed by atoms with E-state index in [1.807, 2.05) is 72.0 Å². The van der Waals surface area contributed by atoms with Crippen LogP contribution in [0.15, 0.2) is 164 Å². The molecule has 0 amide bonds. The molecule has 0 aliphatic heterocycles. The molecular weight excluding hydrogens is 591 g/mol. The molecule has 0 saturated carbocycles. The molecule has 0 radical (unpaired) electrons. The van der Waals surface area contributed by atoms with Gasteiger partial charge in [0.25, 0.3) is 0 Å². The topological polar surface area (TPSA) is 38.7 Å². The maximum Gasteiger partial charge on any atom is 0.164 e. The smallest absolute Gasteiger partial charge is 0.164 e. The van der Waals surface area contributed by atoms with Crippen molar-refractivity contribution in [3.63, 3.8) is 0 Å². The van der Waals surface area contributed by atoms with Crippen LogP contribution in [0.1, 0.15) is 0 Å². The number of hydrogen-bond acceptors (Lipinski definition) is 4. The van der Waals surface area contributed by atoms with Crippen LogP contribution < -0.4 is 0 Å². The zero-order chi connectivity index (χ0) is 31.2. The van der Waals surface area contributed by atoms with Crippen LogP contribution in [0.5, 0.6) is 0 Å². The molecule has 0 fully saturated rings. The van der Waals surface area contributed by atoms with Gasteiger partial charge in [-0.2, -0.15) is 0 Å². The Balaban J connectivity index is 1.14. The van der Waals surface area contributed by atoms with E-state index in [9.17, 15) is 0 Å². The van der Waals surface area contributed by atoms with Gasteiger partial charge < -0.3 is 0 Å². The second kappa shape index (κ2) is 11.4. The zero-order valence-corrected chi connectivity index (χ0v) is 26.2. The van der Waals surface area contributed by atoms with Crippen LogP contribution in [0.3, 0.4) is 0 Å². The molecule has 3 nitrogen and oxygen atoms in total. The highest BCUT2D eigenvalue weighted by molar-refractivity contribution is 7.25. The molecular formula is C43H27N3S. The summed E-state index contributed by atoms with van der Waals surface area (Å²) in [5.74, 6) is 1.97. The normalized spacial score (nSPS) is 11.4. The van der Waals surface area contributed by atoms with Crippen molar-refractivity contribution in [2.24, 2.45) is 0 Å². The van der Waals surface area contributed by atoms with E-state index in [4.69, 9.17) is 15.0 Å². The van der Waals surface area contributed by atoms with Crippen LogP contribution in [0.25, 0.3) is 87.4 Å². The van der Waals surface area contributed by atoms with Gasteiger partial charge in [0.15, 0.2) is 17.5 Å². The number of hydrogen-bond donors (Lipinski definition) is 0. The van der Waals surface area contributed by atoms with E-state index in [1.165, 1.54) is 42.1 Å². The van der Waals surface area contributed by atoms with Gasteiger partial charge in [-0.1, -0.05) is 133 Å². The van der Waals surface area contributed by atoms with Crippen molar-refractivity contribution >= 4 is 42.3 Å². The van der Waals surface area contributed by atoms with Crippen LogP contribution >= 0.6 is 11.3 Å². The Labute approximate surface area is 276 Å². The van der Waals surface area contributed by atoms with Gasteiger partial charge in [-0.05, 0) is 63.4 Å². The summed E-state index contributed by atoms with van der Waals surface area (Å²) < 4.78 is 2.65. The lowest BCUT2D eigenvalue weighted by Gasteiger charge is -2.11. The summed E-state index contributed by atoms with van der Waals surface area (Å²) in [5.41, 5.74) is 7.54. The van der Waals surface area contributed by atoms with E-state index >= 15 is 0 Å². The minimum atomic E-state index is 0.650. The Hall–Kier alpha value is -5.97. The predicted octanol–water partition coefficient (Wildman–Crippen LogP) is 11.7. The lowest BCUT2D eigenvalue weighted by atomic mass is 9.94. The third-order valence-corrected chi connectivity index (χ3v) is 9.84. The molecule has 220 valence electrons. The Morgan fingerprint density at radius 2 is 0.851 bits per heavy atom. The molecule has 0 spiro atoms. The van der Waals surface area contributed by atoms with Gasteiger partial charge in [-0.3, -0.25) is 0 Å². The van der Waals surface area contributed by atoms with Gasteiger partial charge in [0.1, 0.15) is 0 Å². The number of rotatable bonds is 5. The maximum absolute atomic E-state index is 4.95. The summed E-state index contributed by atoms with van der Waals surface area (Å²) in [6, 6.07) is 57.6. The summed E-state index contributed by atoms with van der Waals surface area (Å²) in [5, 5.41) is 5.16. The average Bonchev–Trinajstić information content (AvgIpc) is 3.51. The fraction of sp³-hybridized carbons (Fsp3) is 0. The molecule has 0 N–H and O–H groups in total. The van der Waals surface area contributed by atoms with Crippen molar-refractivity contribution in [2.75, 3.05) is 0 Å². The van der Waals surface area contributed by atoms with Gasteiger partial charge in [-0.25, -0.2) is 15.0 Å². The van der Waals surface area contributed by atoms with Crippen molar-refractivity contribution in [1.29, 1.82) is 0 Å².